The fourth-order valence-electron chi connectivity index (χ4n) is 1.80. The van der Waals surface area contributed by atoms with E-state index in [2.05, 4.69) is 20.6 Å². The molecule has 6 nitrogen and oxygen atoms in total. The fourth-order valence-corrected chi connectivity index (χ4v) is 1.92. The van der Waals surface area contributed by atoms with Crippen molar-refractivity contribution in [2.75, 3.05) is 11.9 Å². The number of carbonyl (C=O) groups excluding carboxylic acids is 1. The van der Waals surface area contributed by atoms with E-state index < -0.39 is 18.0 Å². The number of aliphatic hydroxyl groups is 1. The van der Waals surface area contributed by atoms with Gasteiger partial charge in [-0.2, -0.15) is 0 Å². The number of anilines is 1. The number of halogens is 2. The van der Waals surface area contributed by atoms with Crippen molar-refractivity contribution >= 4 is 23.3 Å². The van der Waals surface area contributed by atoms with Crippen LogP contribution in [0.3, 0.4) is 0 Å². The van der Waals surface area contributed by atoms with Gasteiger partial charge in [0.2, 0.25) is 0 Å². The van der Waals surface area contributed by atoms with E-state index in [1.807, 2.05) is 6.92 Å². The molecular weight excluding hydrogens is 323 g/mol. The quantitative estimate of drug-likeness (QED) is 0.782. The standard InChI is InChI=1S/C15H16ClFN4O2/c1-2-14-18-6-10(7-19-14)21-15(23)20-8-13(22)9-3-4-11(16)12(17)5-9/h3-7,13,22H,2,8H2,1H3,(H2,20,21,23). The number of nitrogens with zero attached hydrogens (tertiary/aromatic N) is 2. The van der Waals surface area contributed by atoms with Gasteiger partial charge in [0.25, 0.3) is 0 Å². The first kappa shape index (κ1) is 17.1. The molecule has 1 aromatic heterocycles. The van der Waals surface area contributed by atoms with Crippen molar-refractivity contribution in [1.29, 1.82) is 0 Å². The molecule has 1 atom stereocenters. The largest absolute Gasteiger partial charge is 0.387 e. The summed E-state index contributed by atoms with van der Waals surface area (Å²) >= 11 is 5.58. The first-order valence-corrected chi connectivity index (χ1v) is 7.36. The molecule has 0 aliphatic carbocycles. The third kappa shape index (κ3) is 4.87. The van der Waals surface area contributed by atoms with Crippen molar-refractivity contribution in [2.24, 2.45) is 0 Å². The highest BCUT2D eigenvalue weighted by molar-refractivity contribution is 6.30. The first-order valence-electron chi connectivity index (χ1n) is 6.98. The minimum Gasteiger partial charge on any atom is -0.387 e. The van der Waals surface area contributed by atoms with Crippen LogP contribution in [0.25, 0.3) is 0 Å². The zero-order chi connectivity index (χ0) is 16.8. The monoisotopic (exact) mass is 338 g/mol. The van der Waals surface area contributed by atoms with Gasteiger partial charge < -0.3 is 15.7 Å². The lowest BCUT2D eigenvalue weighted by molar-refractivity contribution is 0.174. The lowest BCUT2D eigenvalue weighted by atomic mass is 10.1. The summed E-state index contributed by atoms with van der Waals surface area (Å²) < 4.78 is 13.3. The zero-order valence-corrected chi connectivity index (χ0v) is 13.1. The fraction of sp³-hybridized carbons (Fsp3) is 0.267. The predicted octanol–water partition coefficient (Wildman–Crippen LogP) is 2.69. The third-order valence-corrected chi connectivity index (χ3v) is 3.37. The van der Waals surface area contributed by atoms with E-state index in [0.29, 0.717) is 23.5 Å². The van der Waals surface area contributed by atoms with Gasteiger partial charge in [0, 0.05) is 13.0 Å². The first-order chi connectivity index (χ1) is 11.0. The zero-order valence-electron chi connectivity index (χ0n) is 12.4. The second-order valence-electron chi connectivity index (χ2n) is 4.77. The molecule has 122 valence electrons. The van der Waals surface area contributed by atoms with Gasteiger partial charge in [-0.05, 0) is 17.7 Å². The molecular formula is C15H16ClFN4O2. The Morgan fingerprint density at radius 3 is 2.70 bits per heavy atom. The molecule has 3 N–H and O–H groups in total. The number of aromatic nitrogens is 2. The minimum absolute atomic E-state index is 0.0258. The Balaban J connectivity index is 1.86. The summed E-state index contributed by atoms with van der Waals surface area (Å²) in [6.45, 7) is 1.84. The summed E-state index contributed by atoms with van der Waals surface area (Å²) in [4.78, 5) is 19.8. The maximum atomic E-state index is 13.3. The van der Waals surface area contributed by atoms with Gasteiger partial charge in [-0.3, -0.25) is 0 Å². The maximum Gasteiger partial charge on any atom is 0.319 e. The summed E-state index contributed by atoms with van der Waals surface area (Å²) in [6, 6.07) is 3.45. The van der Waals surface area contributed by atoms with Gasteiger partial charge in [0.05, 0.1) is 29.2 Å². The summed E-state index contributed by atoms with van der Waals surface area (Å²) in [7, 11) is 0. The van der Waals surface area contributed by atoms with Crippen molar-refractivity contribution in [3.63, 3.8) is 0 Å². The number of rotatable bonds is 5. The van der Waals surface area contributed by atoms with Gasteiger partial charge in [-0.25, -0.2) is 19.2 Å². The molecule has 2 amide bonds. The van der Waals surface area contributed by atoms with E-state index in [1.54, 1.807) is 0 Å². The normalized spacial score (nSPS) is 11.8. The Morgan fingerprint density at radius 2 is 2.09 bits per heavy atom. The third-order valence-electron chi connectivity index (χ3n) is 3.06. The van der Waals surface area contributed by atoms with Crippen molar-refractivity contribution in [3.05, 3.63) is 52.8 Å². The number of carbonyl (C=O) groups is 1. The predicted molar refractivity (Wildman–Crippen MR) is 84.8 cm³/mol. The minimum atomic E-state index is -1.05. The average molecular weight is 339 g/mol. The van der Waals surface area contributed by atoms with Crippen LogP contribution in [0, 0.1) is 5.82 Å². The molecule has 23 heavy (non-hydrogen) atoms. The van der Waals surface area contributed by atoms with Gasteiger partial charge in [-0.1, -0.05) is 24.6 Å². The Hall–Kier alpha value is -2.25. The second kappa shape index (κ2) is 7.85. The maximum absolute atomic E-state index is 13.3. The molecule has 1 unspecified atom stereocenters. The Bertz CT molecular complexity index is 682. The van der Waals surface area contributed by atoms with Crippen molar-refractivity contribution in [2.45, 2.75) is 19.4 Å². The molecule has 8 heteroatoms. The van der Waals surface area contributed by atoms with Gasteiger partial charge in [-0.15, -0.1) is 0 Å². The number of benzene rings is 1. The Morgan fingerprint density at radius 1 is 1.39 bits per heavy atom. The second-order valence-corrected chi connectivity index (χ2v) is 5.17. The lowest BCUT2D eigenvalue weighted by Gasteiger charge is -2.13. The summed E-state index contributed by atoms with van der Waals surface area (Å²) in [5.41, 5.74) is 0.759. The average Bonchev–Trinajstić information content (AvgIpc) is 2.56. The van der Waals surface area contributed by atoms with Crippen LogP contribution in [0.4, 0.5) is 14.9 Å². The number of aliphatic hydroxyl groups excluding tert-OH is 1. The van der Waals surface area contributed by atoms with Crippen LogP contribution in [0.5, 0.6) is 0 Å². The van der Waals surface area contributed by atoms with Crippen LogP contribution in [-0.4, -0.2) is 27.7 Å². The van der Waals surface area contributed by atoms with Gasteiger partial charge in [0.1, 0.15) is 11.6 Å². The van der Waals surface area contributed by atoms with Crippen LogP contribution in [-0.2, 0) is 6.42 Å². The van der Waals surface area contributed by atoms with E-state index in [9.17, 15) is 14.3 Å². The summed E-state index contributed by atoms with van der Waals surface area (Å²) in [6.07, 6.45) is 2.65. The molecule has 0 saturated heterocycles. The van der Waals surface area contributed by atoms with Crippen LogP contribution in [0.2, 0.25) is 5.02 Å². The smallest absolute Gasteiger partial charge is 0.319 e. The van der Waals surface area contributed by atoms with Crippen LogP contribution in [0.1, 0.15) is 24.4 Å². The molecule has 1 aromatic carbocycles. The topological polar surface area (TPSA) is 87.1 Å². The Labute approximate surface area is 137 Å². The highest BCUT2D eigenvalue weighted by Crippen LogP contribution is 2.19. The molecule has 0 saturated carbocycles. The highest BCUT2D eigenvalue weighted by Gasteiger charge is 2.12. The molecule has 2 rings (SSSR count). The van der Waals surface area contributed by atoms with E-state index >= 15 is 0 Å². The van der Waals surface area contributed by atoms with E-state index in [1.165, 1.54) is 24.5 Å². The summed E-state index contributed by atoms with van der Waals surface area (Å²) in [5.74, 6) is 0.0528. The van der Waals surface area contributed by atoms with E-state index in [-0.39, 0.29) is 11.6 Å². The van der Waals surface area contributed by atoms with Gasteiger partial charge >= 0.3 is 6.03 Å². The number of amides is 2. The van der Waals surface area contributed by atoms with Crippen LogP contribution >= 0.6 is 11.6 Å². The number of aryl methyl sites for hydroxylation is 1. The molecule has 0 aliphatic heterocycles. The van der Waals surface area contributed by atoms with Crippen molar-refractivity contribution < 1.29 is 14.3 Å². The number of nitrogens with one attached hydrogen (secondary N) is 2. The van der Waals surface area contributed by atoms with Crippen LogP contribution in [0.15, 0.2) is 30.6 Å². The number of urea groups is 1. The van der Waals surface area contributed by atoms with Crippen molar-refractivity contribution in [1.82, 2.24) is 15.3 Å². The lowest BCUT2D eigenvalue weighted by Crippen LogP contribution is -2.32. The molecule has 0 spiro atoms. The Kier molecular flexibility index (Phi) is 5.84. The molecule has 2 aromatic rings. The molecule has 0 fully saturated rings. The molecule has 0 radical (unpaired) electrons. The molecule has 0 aliphatic rings. The van der Waals surface area contributed by atoms with E-state index in [0.717, 1.165) is 6.07 Å². The molecule has 0 bridgehead atoms. The van der Waals surface area contributed by atoms with Crippen LogP contribution < -0.4 is 10.6 Å². The highest BCUT2D eigenvalue weighted by atomic mass is 35.5. The number of hydrogen-bond donors (Lipinski definition) is 3. The van der Waals surface area contributed by atoms with Crippen molar-refractivity contribution in [3.8, 4) is 0 Å². The molecule has 1 heterocycles. The summed E-state index contributed by atoms with van der Waals surface area (Å²) in [5, 5.41) is 14.9. The SMILES string of the molecule is CCc1ncc(NC(=O)NCC(O)c2ccc(Cl)c(F)c2)cn1. The van der Waals surface area contributed by atoms with Gasteiger partial charge in [0.15, 0.2) is 0 Å². The number of hydrogen-bond acceptors (Lipinski definition) is 4. The van der Waals surface area contributed by atoms with E-state index in [4.69, 9.17) is 11.6 Å².